The van der Waals surface area contributed by atoms with Crippen LogP contribution in [-0.4, -0.2) is 34.6 Å². The maximum atomic E-state index is 12.1. The number of amides is 1. The summed E-state index contributed by atoms with van der Waals surface area (Å²) >= 11 is 0. The van der Waals surface area contributed by atoms with Crippen LogP contribution in [0.2, 0.25) is 0 Å². The van der Waals surface area contributed by atoms with E-state index in [1.165, 1.54) is 19.3 Å². The monoisotopic (exact) mass is 223 g/mol. The van der Waals surface area contributed by atoms with Gasteiger partial charge in [-0.05, 0) is 31.6 Å². The molecular weight excluding hydrogens is 202 g/mol. The Morgan fingerprint density at radius 3 is 2.25 bits per heavy atom. The lowest BCUT2D eigenvalue weighted by Crippen LogP contribution is -2.65. The Hall–Kier alpha value is -0.570. The molecule has 3 rings (SSSR count). The molecule has 1 N–H and O–H groups in total. The van der Waals surface area contributed by atoms with Gasteiger partial charge in [-0.25, -0.2) is 0 Å². The van der Waals surface area contributed by atoms with Gasteiger partial charge in [0.15, 0.2) is 0 Å². The van der Waals surface area contributed by atoms with E-state index in [9.17, 15) is 9.90 Å². The standard InChI is InChI=1S/C13H21NO2/c15-12(10-4-2-1-3-5-10)14-8-13(16,9-14)11-6-7-11/h10-11,16H,1-9H2. The molecule has 0 aromatic rings. The average molecular weight is 223 g/mol. The largest absolute Gasteiger partial charge is 0.386 e. The van der Waals surface area contributed by atoms with E-state index in [0.717, 1.165) is 25.7 Å². The van der Waals surface area contributed by atoms with Crippen LogP contribution in [0.1, 0.15) is 44.9 Å². The summed E-state index contributed by atoms with van der Waals surface area (Å²) < 4.78 is 0. The molecular formula is C13H21NO2. The van der Waals surface area contributed by atoms with E-state index in [-0.39, 0.29) is 5.92 Å². The minimum absolute atomic E-state index is 0.262. The zero-order valence-corrected chi connectivity index (χ0v) is 9.82. The van der Waals surface area contributed by atoms with E-state index >= 15 is 0 Å². The van der Waals surface area contributed by atoms with Crippen molar-refractivity contribution in [3.05, 3.63) is 0 Å². The second-order valence-electron chi connectivity index (χ2n) is 5.91. The minimum atomic E-state index is -0.510. The Morgan fingerprint density at radius 1 is 1.06 bits per heavy atom. The van der Waals surface area contributed by atoms with Crippen molar-refractivity contribution in [2.75, 3.05) is 13.1 Å². The van der Waals surface area contributed by atoms with Crippen molar-refractivity contribution in [2.24, 2.45) is 11.8 Å². The van der Waals surface area contributed by atoms with E-state index < -0.39 is 5.60 Å². The van der Waals surface area contributed by atoms with Crippen LogP contribution in [0.15, 0.2) is 0 Å². The lowest BCUT2D eigenvalue weighted by molar-refractivity contribution is -0.164. The third-order valence-corrected chi connectivity index (χ3v) is 4.53. The van der Waals surface area contributed by atoms with E-state index in [1.54, 1.807) is 0 Å². The first kappa shape index (κ1) is 10.6. The number of aliphatic hydroxyl groups is 1. The summed E-state index contributed by atoms with van der Waals surface area (Å²) in [6.45, 7) is 1.21. The smallest absolute Gasteiger partial charge is 0.225 e. The van der Waals surface area contributed by atoms with Gasteiger partial charge in [0.05, 0.1) is 13.1 Å². The van der Waals surface area contributed by atoms with Crippen LogP contribution in [-0.2, 0) is 4.79 Å². The highest BCUT2D eigenvalue weighted by Gasteiger charge is 2.53. The van der Waals surface area contributed by atoms with E-state index in [4.69, 9.17) is 0 Å². The maximum Gasteiger partial charge on any atom is 0.225 e. The van der Waals surface area contributed by atoms with Gasteiger partial charge in [0.2, 0.25) is 5.91 Å². The van der Waals surface area contributed by atoms with Crippen molar-refractivity contribution >= 4 is 5.91 Å². The summed E-state index contributed by atoms with van der Waals surface area (Å²) in [4.78, 5) is 14.0. The summed E-state index contributed by atoms with van der Waals surface area (Å²) in [5.74, 6) is 1.06. The highest BCUT2D eigenvalue weighted by Crippen LogP contribution is 2.45. The Balaban J connectivity index is 1.53. The quantitative estimate of drug-likeness (QED) is 0.771. The molecule has 0 radical (unpaired) electrons. The van der Waals surface area contributed by atoms with Gasteiger partial charge in [0.1, 0.15) is 5.60 Å². The highest BCUT2D eigenvalue weighted by atomic mass is 16.3. The van der Waals surface area contributed by atoms with Crippen molar-refractivity contribution in [1.82, 2.24) is 4.90 Å². The number of hydrogen-bond donors (Lipinski definition) is 1. The number of β-amino-alcohol motifs (C(OH)–C–C–N with tert-alkyl or cyclic N) is 1. The minimum Gasteiger partial charge on any atom is -0.386 e. The first-order chi connectivity index (χ1) is 7.69. The second kappa shape index (κ2) is 3.73. The SMILES string of the molecule is O=C(C1CCCCC1)N1CC(O)(C2CC2)C1. The topological polar surface area (TPSA) is 40.5 Å². The van der Waals surface area contributed by atoms with Crippen molar-refractivity contribution in [2.45, 2.75) is 50.5 Å². The molecule has 2 aliphatic carbocycles. The molecule has 0 bridgehead atoms. The normalized spacial score (nSPS) is 29.9. The first-order valence-corrected chi connectivity index (χ1v) is 6.70. The second-order valence-corrected chi connectivity index (χ2v) is 5.91. The predicted octanol–water partition coefficient (Wildman–Crippen LogP) is 1.55. The van der Waals surface area contributed by atoms with Crippen LogP contribution in [0.5, 0.6) is 0 Å². The molecule has 1 saturated heterocycles. The lowest BCUT2D eigenvalue weighted by atomic mass is 9.84. The molecule has 0 spiro atoms. The molecule has 2 saturated carbocycles. The molecule has 16 heavy (non-hydrogen) atoms. The number of rotatable bonds is 2. The van der Waals surface area contributed by atoms with Crippen LogP contribution in [0.3, 0.4) is 0 Å². The summed E-state index contributed by atoms with van der Waals surface area (Å²) in [6.07, 6.45) is 8.14. The zero-order valence-electron chi connectivity index (χ0n) is 9.82. The van der Waals surface area contributed by atoms with Gasteiger partial charge >= 0.3 is 0 Å². The maximum absolute atomic E-state index is 12.1. The Labute approximate surface area is 96.8 Å². The van der Waals surface area contributed by atoms with Crippen LogP contribution in [0, 0.1) is 11.8 Å². The molecule has 1 heterocycles. The fraction of sp³-hybridized carbons (Fsp3) is 0.923. The van der Waals surface area contributed by atoms with Gasteiger partial charge in [-0.3, -0.25) is 4.79 Å². The zero-order chi connectivity index (χ0) is 11.2. The molecule has 0 aromatic carbocycles. The molecule has 1 amide bonds. The average Bonchev–Trinajstić information content (AvgIpc) is 3.09. The summed E-state index contributed by atoms with van der Waals surface area (Å²) in [5, 5.41) is 10.2. The first-order valence-electron chi connectivity index (χ1n) is 6.70. The van der Waals surface area contributed by atoms with Crippen LogP contribution in [0.4, 0.5) is 0 Å². The number of carbonyl (C=O) groups excluding carboxylic acids is 1. The highest BCUT2D eigenvalue weighted by molar-refractivity contribution is 5.80. The van der Waals surface area contributed by atoms with Gasteiger partial charge in [-0.15, -0.1) is 0 Å². The van der Waals surface area contributed by atoms with Crippen molar-refractivity contribution in [3.8, 4) is 0 Å². The van der Waals surface area contributed by atoms with Gasteiger partial charge < -0.3 is 10.0 Å². The van der Waals surface area contributed by atoms with E-state index in [2.05, 4.69) is 0 Å². The third-order valence-electron chi connectivity index (χ3n) is 4.53. The van der Waals surface area contributed by atoms with Crippen molar-refractivity contribution < 1.29 is 9.90 Å². The summed E-state index contributed by atoms with van der Waals surface area (Å²) in [7, 11) is 0. The molecule has 3 heteroatoms. The Bertz CT molecular complexity index is 286. The number of likely N-dealkylation sites (tertiary alicyclic amines) is 1. The molecule has 1 aliphatic heterocycles. The summed E-state index contributed by atoms with van der Waals surface area (Å²) in [6, 6.07) is 0. The molecule has 3 nitrogen and oxygen atoms in total. The van der Waals surface area contributed by atoms with Crippen LogP contribution < -0.4 is 0 Å². The van der Waals surface area contributed by atoms with Gasteiger partial charge in [0.25, 0.3) is 0 Å². The third kappa shape index (κ3) is 1.75. The predicted molar refractivity (Wildman–Crippen MR) is 60.8 cm³/mol. The molecule has 0 aromatic heterocycles. The van der Waals surface area contributed by atoms with Crippen LogP contribution >= 0.6 is 0 Å². The fourth-order valence-electron chi connectivity index (χ4n) is 3.26. The number of carbonyl (C=O) groups is 1. The van der Waals surface area contributed by atoms with Crippen molar-refractivity contribution in [1.29, 1.82) is 0 Å². The molecule has 3 fully saturated rings. The van der Waals surface area contributed by atoms with E-state index in [1.807, 2.05) is 4.90 Å². The van der Waals surface area contributed by atoms with Crippen LogP contribution in [0.25, 0.3) is 0 Å². The summed E-state index contributed by atoms with van der Waals surface area (Å²) in [5.41, 5.74) is -0.510. The number of hydrogen-bond acceptors (Lipinski definition) is 2. The molecule has 90 valence electrons. The lowest BCUT2D eigenvalue weighted by Gasteiger charge is -2.48. The molecule has 0 unspecified atom stereocenters. The van der Waals surface area contributed by atoms with Gasteiger partial charge in [-0.1, -0.05) is 19.3 Å². The van der Waals surface area contributed by atoms with E-state index in [0.29, 0.717) is 24.9 Å². The Kier molecular flexibility index (Phi) is 2.46. The van der Waals surface area contributed by atoms with Gasteiger partial charge in [0, 0.05) is 5.92 Å². The molecule has 3 aliphatic rings. The number of nitrogens with zero attached hydrogens (tertiary/aromatic N) is 1. The van der Waals surface area contributed by atoms with Crippen molar-refractivity contribution in [3.63, 3.8) is 0 Å². The Morgan fingerprint density at radius 2 is 1.69 bits per heavy atom. The molecule has 0 atom stereocenters. The van der Waals surface area contributed by atoms with Gasteiger partial charge in [-0.2, -0.15) is 0 Å². The fourth-order valence-corrected chi connectivity index (χ4v) is 3.26.